The van der Waals surface area contributed by atoms with Crippen molar-refractivity contribution < 1.29 is 0 Å². The van der Waals surface area contributed by atoms with Gasteiger partial charge in [0.1, 0.15) is 0 Å². The van der Waals surface area contributed by atoms with Crippen LogP contribution in [-0.2, 0) is 18.3 Å². The number of hydrogen-bond donors (Lipinski definition) is 0. The molecule has 0 saturated heterocycles. The first-order valence-corrected chi connectivity index (χ1v) is 26.3. The molecule has 0 radical (unpaired) electrons. The summed E-state index contributed by atoms with van der Waals surface area (Å²) in [5.74, 6) is 0. The minimum absolute atomic E-state index is 0.643. The van der Waals surface area contributed by atoms with Gasteiger partial charge in [-0.2, -0.15) is 0 Å². The highest BCUT2D eigenvalue weighted by Crippen LogP contribution is 2.59. The zero-order valence-electron chi connectivity index (χ0n) is 43.4. The van der Waals surface area contributed by atoms with Gasteiger partial charge in [-0.1, -0.05) is 196 Å². The second-order valence-electron chi connectivity index (χ2n) is 21.0. The second kappa shape index (κ2) is 20.4. The van der Waals surface area contributed by atoms with E-state index in [4.69, 9.17) is 0 Å². The molecule has 350 valence electrons. The van der Waals surface area contributed by atoms with Crippen molar-refractivity contribution in [2.24, 2.45) is 0 Å². The van der Waals surface area contributed by atoms with Crippen LogP contribution < -0.4 is 0 Å². The maximum atomic E-state index is 2.58. The van der Waals surface area contributed by atoms with Gasteiger partial charge in [-0.25, -0.2) is 0 Å². The van der Waals surface area contributed by atoms with Gasteiger partial charge >= 0.3 is 0 Å². The average Bonchev–Trinajstić information content (AvgIpc) is 3.61. The number of unbranched alkanes of at least 4 members (excludes halogenated alkanes) is 6. The molecule has 0 heterocycles. The van der Waals surface area contributed by atoms with Crippen LogP contribution in [0.5, 0.6) is 0 Å². The lowest BCUT2D eigenvalue weighted by atomic mass is 9.65. The Hall–Kier alpha value is -6.24. The Balaban J connectivity index is 1.33. The van der Waals surface area contributed by atoms with E-state index in [0.717, 1.165) is 12.8 Å². The van der Waals surface area contributed by atoms with E-state index in [0.29, 0.717) is 0 Å². The summed E-state index contributed by atoms with van der Waals surface area (Å²) >= 11 is 0. The van der Waals surface area contributed by atoms with E-state index in [1.807, 2.05) is 0 Å². The quantitative estimate of drug-likeness (QED) is 0.0848. The summed E-state index contributed by atoms with van der Waals surface area (Å²) in [6.07, 6.45) is 12.5. The van der Waals surface area contributed by atoms with E-state index in [9.17, 15) is 0 Å². The van der Waals surface area contributed by atoms with Crippen LogP contribution in [0, 0.1) is 55.4 Å². The van der Waals surface area contributed by atoms with Gasteiger partial charge in [-0.3, -0.25) is 0 Å². The molecule has 0 unspecified atom stereocenters. The first-order valence-electron chi connectivity index (χ1n) is 26.3. The van der Waals surface area contributed by atoms with Gasteiger partial charge in [0, 0.05) is 0 Å². The number of rotatable bonds is 16. The monoisotopic (exact) mass is 903 g/mol. The predicted octanol–water partition coefficient (Wildman–Crippen LogP) is 19.4. The molecule has 9 rings (SSSR count). The van der Waals surface area contributed by atoms with Crippen molar-refractivity contribution in [3.8, 4) is 55.6 Å². The number of fused-ring (bicyclic) bond motifs is 3. The van der Waals surface area contributed by atoms with E-state index in [1.165, 1.54) is 185 Å². The van der Waals surface area contributed by atoms with Crippen LogP contribution >= 0.6 is 0 Å². The van der Waals surface area contributed by atoms with Crippen LogP contribution in [0.3, 0.4) is 0 Å². The largest absolute Gasteiger partial charge is 0.0714 e. The number of aryl methyl sites for hydroxylation is 10. The Bertz CT molecular complexity index is 2870. The van der Waals surface area contributed by atoms with Gasteiger partial charge in [0.15, 0.2) is 0 Å². The number of hydrogen-bond acceptors (Lipinski definition) is 0. The van der Waals surface area contributed by atoms with Crippen molar-refractivity contribution in [2.45, 2.75) is 139 Å². The Labute approximate surface area is 415 Å². The average molecular weight is 903 g/mol. The summed E-state index contributed by atoms with van der Waals surface area (Å²) in [6, 6.07) is 58.1. The summed E-state index contributed by atoms with van der Waals surface area (Å²) < 4.78 is 0. The van der Waals surface area contributed by atoms with Crippen molar-refractivity contribution in [1.29, 1.82) is 0 Å². The summed E-state index contributed by atoms with van der Waals surface area (Å²) in [4.78, 5) is 0. The molecule has 0 amide bonds. The van der Waals surface area contributed by atoms with Gasteiger partial charge in [0.2, 0.25) is 0 Å². The maximum absolute atomic E-state index is 2.58. The lowest BCUT2D eigenvalue weighted by Crippen LogP contribution is -2.29. The van der Waals surface area contributed by atoms with E-state index in [-0.39, 0.29) is 0 Å². The SMILES string of the molecule is CCCCCCc1ccc(-c2cc(C)cc(C3(c4cc(C)cc(-c5ccc(CCCCCC)cc5)c4)c4cc(-c5c(C)cc(C)cc5C)ccc4-c4ccc(-c5c(C)cc(C)cc5C)cc43)c2)cc1. The molecule has 0 aromatic heterocycles. The van der Waals surface area contributed by atoms with E-state index >= 15 is 0 Å². The molecule has 0 aliphatic heterocycles. The zero-order chi connectivity index (χ0) is 48.4. The van der Waals surface area contributed by atoms with Gasteiger partial charge < -0.3 is 0 Å². The van der Waals surface area contributed by atoms with Crippen molar-refractivity contribution in [2.75, 3.05) is 0 Å². The molecule has 0 N–H and O–H groups in total. The van der Waals surface area contributed by atoms with Crippen molar-refractivity contribution in [3.63, 3.8) is 0 Å². The Morgan fingerprint density at radius 3 is 1.01 bits per heavy atom. The summed E-state index contributed by atoms with van der Waals surface area (Å²) in [7, 11) is 0. The molecule has 0 atom stereocenters. The fourth-order valence-corrected chi connectivity index (χ4v) is 12.3. The lowest BCUT2D eigenvalue weighted by molar-refractivity contribution is 0.667. The van der Waals surface area contributed by atoms with Crippen LogP contribution in [-0.4, -0.2) is 0 Å². The highest BCUT2D eigenvalue weighted by molar-refractivity contribution is 5.92. The van der Waals surface area contributed by atoms with Crippen molar-refractivity contribution in [3.05, 3.63) is 223 Å². The van der Waals surface area contributed by atoms with Crippen molar-refractivity contribution in [1.82, 2.24) is 0 Å². The van der Waals surface area contributed by atoms with E-state index < -0.39 is 5.41 Å². The first-order chi connectivity index (χ1) is 33.4. The molecule has 0 bridgehead atoms. The van der Waals surface area contributed by atoms with Crippen molar-refractivity contribution >= 4 is 0 Å². The topological polar surface area (TPSA) is 0 Å². The third-order valence-electron chi connectivity index (χ3n) is 15.3. The lowest BCUT2D eigenvalue weighted by Gasteiger charge is -2.36. The maximum Gasteiger partial charge on any atom is 0.0714 e. The van der Waals surface area contributed by atoms with Gasteiger partial charge in [0.05, 0.1) is 5.41 Å². The third-order valence-corrected chi connectivity index (χ3v) is 15.3. The minimum atomic E-state index is -0.643. The van der Waals surface area contributed by atoms with Gasteiger partial charge in [0.25, 0.3) is 0 Å². The molecule has 0 nitrogen and oxygen atoms in total. The number of benzene rings is 8. The summed E-state index contributed by atoms with van der Waals surface area (Å²) in [5, 5.41) is 0. The van der Waals surface area contributed by atoms with Crippen LogP contribution in [0.25, 0.3) is 55.6 Å². The normalized spacial score (nSPS) is 12.6. The van der Waals surface area contributed by atoms with E-state index in [2.05, 4.69) is 215 Å². The van der Waals surface area contributed by atoms with Gasteiger partial charge in [-0.05, 0) is 217 Å². The molecule has 0 saturated carbocycles. The Morgan fingerprint density at radius 2 is 0.652 bits per heavy atom. The third kappa shape index (κ3) is 9.58. The van der Waals surface area contributed by atoms with Crippen LogP contribution in [0.15, 0.2) is 146 Å². The molecule has 0 fully saturated rings. The fourth-order valence-electron chi connectivity index (χ4n) is 12.3. The highest BCUT2D eigenvalue weighted by Gasteiger charge is 2.47. The second-order valence-corrected chi connectivity index (χ2v) is 21.0. The Kier molecular flexibility index (Phi) is 14.1. The fraction of sp³-hybridized carbons (Fsp3) is 0.304. The van der Waals surface area contributed by atoms with Crippen LogP contribution in [0.2, 0.25) is 0 Å². The minimum Gasteiger partial charge on any atom is -0.0654 e. The zero-order valence-corrected chi connectivity index (χ0v) is 43.4. The molecule has 8 aromatic carbocycles. The molecule has 0 spiro atoms. The Morgan fingerprint density at radius 1 is 0.304 bits per heavy atom. The van der Waals surface area contributed by atoms with Crippen LogP contribution in [0.1, 0.15) is 143 Å². The molecule has 8 aromatic rings. The first kappa shape index (κ1) is 47.8. The molecule has 0 heteroatoms. The predicted molar refractivity (Wildman–Crippen MR) is 299 cm³/mol. The van der Waals surface area contributed by atoms with Crippen LogP contribution in [0.4, 0.5) is 0 Å². The highest BCUT2D eigenvalue weighted by atomic mass is 14.5. The molecular weight excluding hydrogens is 829 g/mol. The standard InChI is InChI=1S/C69H74/c1-11-13-15-17-19-53-21-25-55(26-22-53)59-37-47(5)39-61(41-59)69(62-40-48(6)38-60(42-62)56-27-23-54(24-28-56)20-18-16-14-12-2)65-43-57(67-49(7)33-45(3)34-50(67)8)29-31-63(65)64-32-30-58(44-66(64)69)68-51(9)35-46(4)36-52(68)10/h21-44H,11-20H2,1-10H3. The molecule has 1 aliphatic carbocycles. The molecular formula is C69H74. The molecule has 1 aliphatic rings. The molecule has 69 heavy (non-hydrogen) atoms. The summed E-state index contributed by atoms with van der Waals surface area (Å²) in [6.45, 7) is 22.8. The smallest absolute Gasteiger partial charge is 0.0654 e. The van der Waals surface area contributed by atoms with E-state index in [1.54, 1.807) is 0 Å². The van der Waals surface area contributed by atoms with Gasteiger partial charge in [-0.15, -0.1) is 0 Å². The summed E-state index contributed by atoms with van der Waals surface area (Å²) in [5.41, 5.74) is 30.9.